The van der Waals surface area contributed by atoms with E-state index in [0.29, 0.717) is 5.69 Å². The molecule has 1 N–H and O–H groups in total. The molecule has 6 nitrogen and oxygen atoms in total. The molecule has 0 heterocycles. The van der Waals surface area contributed by atoms with Crippen LogP contribution in [0.25, 0.3) is 0 Å². The van der Waals surface area contributed by atoms with E-state index in [-0.39, 0.29) is 23.7 Å². The quantitative estimate of drug-likeness (QED) is 0.433. The minimum absolute atomic E-state index is 0.0322. The molecule has 0 bridgehead atoms. The van der Waals surface area contributed by atoms with Gasteiger partial charge in [-0.15, -0.1) is 0 Å². The zero-order valence-corrected chi connectivity index (χ0v) is 21.5. The van der Waals surface area contributed by atoms with E-state index in [1.165, 1.54) is 11.4 Å². The largest absolute Gasteiger partial charge is 0.495 e. The van der Waals surface area contributed by atoms with Crippen molar-refractivity contribution in [3.8, 4) is 5.75 Å². The van der Waals surface area contributed by atoms with Crippen LogP contribution in [0.2, 0.25) is 0 Å². The molecule has 33 heavy (non-hydrogen) atoms. The van der Waals surface area contributed by atoms with Gasteiger partial charge in [0.2, 0.25) is 15.9 Å². The molecule has 0 atom stereocenters. The summed E-state index contributed by atoms with van der Waals surface area (Å²) in [5.41, 5.74) is 3.99. The van der Waals surface area contributed by atoms with Crippen molar-refractivity contribution in [1.29, 1.82) is 0 Å². The highest BCUT2D eigenvalue weighted by molar-refractivity contribution is 9.10. The number of rotatable bonds is 8. The zero-order chi connectivity index (χ0) is 24.2. The molecule has 0 aliphatic heterocycles. The van der Waals surface area contributed by atoms with Gasteiger partial charge in [-0.05, 0) is 67.3 Å². The molecular weight excluding hydrogens is 504 g/mol. The molecule has 8 heteroatoms. The molecule has 3 rings (SSSR count). The Bertz CT molecular complexity index is 1240. The van der Waals surface area contributed by atoms with Crippen LogP contribution in [0, 0.1) is 20.8 Å². The third kappa shape index (κ3) is 6.01. The maximum absolute atomic E-state index is 13.7. The molecular formula is C25H27BrN2O4S. The molecule has 3 aromatic rings. The topological polar surface area (TPSA) is 75.7 Å². The minimum Gasteiger partial charge on any atom is -0.495 e. The number of ether oxygens (including phenoxy) is 1. The number of hydrogen-bond donors (Lipinski definition) is 1. The lowest BCUT2D eigenvalue weighted by Gasteiger charge is -2.24. The average molecular weight is 531 g/mol. The molecule has 1 amide bonds. The number of carbonyl (C=O) groups excluding carboxylic acids is 1. The van der Waals surface area contributed by atoms with E-state index in [1.54, 1.807) is 18.2 Å². The summed E-state index contributed by atoms with van der Waals surface area (Å²) in [4.78, 5) is 13.1. The first-order valence-electron chi connectivity index (χ1n) is 10.4. The number of aryl methyl sites for hydroxylation is 3. The summed E-state index contributed by atoms with van der Waals surface area (Å²) < 4.78 is 34.8. The number of nitrogens with one attached hydrogen (secondary N) is 1. The third-order valence-corrected chi connectivity index (χ3v) is 7.49. The van der Waals surface area contributed by atoms with E-state index in [2.05, 4.69) is 21.2 Å². The third-order valence-electron chi connectivity index (χ3n) is 5.22. The number of benzene rings is 3. The van der Waals surface area contributed by atoms with Gasteiger partial charge in [-0.2, -0.15) is 4.31 Å². The predicted octanol–water partition coefficient (Wildman–Crippen LogP) is 5.21. The Morgan fingerprint density at radius 2 is 1.64 bits per heavy atom. The highest BCUT2D eigenvalue weighted by Gasteiger charge is 2.30. The number of sulfonamides is 1. The summed E-state index contributed by atoms with van der Waals surface area (Å²) >= 11 is 3.45. The predicted molar refractivity (Wildman–Crippen MR) is 134 cm³/mol. The molecule has 0 saturated heterocycles. The lowest BCUT2D eigenvalue weighted by atomic mass is 10.1. The van der Waals surface area contributed by atoms with E-state index in [9.17, 15) is 13.2 Å². The second kappa shape index (κ2) is 10.5. The second-order valence-corrected chi connectivity index (χ2v) is 10.7. The van der Waals surface area contributed by atoms with Crippen LogP contribution >= 0.6 is 15.9 Å². The Morgan fingerprint density at radius 1 is 1.00 bits per heavy atom. The van der Waals surface area contributed by atoms with Crippen molar-refractivity contribution in [3.63, 3.8) is 0 Å². The lowest BCUT2D eigenvalue weighted by Crippen LogP contribution is -2.38. The van der Waals surface area contributed by atoms with Crippen molar-refractivity contribution >= 4 is 37.5 Å². The van der Waals surface area contributed by atoms with Gasteiger partial charge >= 0.3 is 0 Å². The normalized spacial score (nSPS) is 11.5. The van der Waals surface area contributed by atoms with Crippen LogP contribution in [0.15, 0.2) is 70.0 Å². The van der Waals surface area contributed by atoms with Gasteiger partial charge in [0.25, 0.3) is 0 Å². The highest BCUT2D eigenvalue weighted by atomic mass is 79.9. The van der Waals surface area contributed by atoms with Gasteiger partial charge in [0.1, 0.15) is 10.6 Å². The van der Waals surface area contributed by atoms with E-state index in [0.717, 1.165) is 26.7 Å². The number of anilines is 1. The summed E-state index contributed by atoms with van der Waals surface area (Å²) in [5.74, 6) is -0.187. The monoisotopic (exact) mass is 530 g/mol. The summed E-state index contributed by atoms with van der Waals surface area (Å²) in [5, 5.41) is 2.89. The molecule has 0 radical (unpaired) electrons. The molecule has 0 unspecified atom stereocenters. The lowest BCUT2D eigenvalue weighted by molar-refractivity contribution is -0.116. The second-order valence-electron chi connectivity index (χ2n) is 7.88. The van der Waals surface area contributed by atoms with Crippen LogP contribution in [0.4, 0.5) is 5.69 Å². The van der Waals surface area contributed by atoms with Crippen LogP contribution in [-0.2, 0) is 21.4 Å². The average Bonchev–Trinajstić information content (AvgIpc) is 2.76. The standard InChI is InChI=1S/C25H27BrN2O4S/c1-17-10-11-22(32-4)23(12-17)33(30,31)28(15-20-8-6-5-7-9-20)16-24(29)27-25-18(2)13-21(26)14-19(25)3/h5-14H,15-16H2,1-4H3,(H,27,29). The molecule has 0 aliphatic rings. The molecule has 0 spiro atoms. The minimum atomic E-state index is -4.04. The van der Waals surface area contributed by atoms with Crippen LogP contribution in [0.3, 0.4) is 0 Å². The van der Waals surface area contributed by atoms with Crippen LogP contribution < -0.4 is 10.1 Å². The maximum atomic E-state index is 13.7. The van der Waals surface area contributed by atoms with Crippen molar-refractivity contribution in [3.05, 3.63) is 87.4 Å². The van der Waals surface area contributed by atoms with Crippen molar-refractivity contribution in [2.24, 2.45) is 0 Å². The van der Waals surface area contributed by atoms with E-state index >= 15 is 0 Å². The number of amides is 1. The molecule has 174 valence electrons. The fraction of sp³-hybridized carbons (Fsp3) is 0.240. The van der Waals surface area contributed by atoms with Gasteiger partial charge < -0.3 is 10.1 Å². The fourth-order valence-electron chi connectivity index (χ4n) is 3.58. The molecule has 0 fully saturated rings. The summed E-state index contributed by atoms with van der Waals surface area (Å²) in [6, 6.07) is 18.0. The van der Waals surface area contributed by atoms with Gasteiger partial charge in [0, 0.05) is 16.7 Å². The molecule has 3 aromatic carbocycles. The zero-order valence-electron chi connectivity index (χ0n) is 19.1. The summed E-state index contributed by atoms with van der Waals surface area (Å²) in [6.45, 7) is 5.30. The Morgan fingerprint density at radius 3 is 2.24 bits per heavy atom. The first-order valence-corrected chi connectivity index (χ1v) is 12.6. The SMILES string of the molecule is COc1ccc(C)cc1S(=O)(=O)N(CC(=O)Nc1c(C)cc(Br)cc1C)Cc1ccccc1. The molecule has 0 aromatic heterocycles. The number of halogens is 1. The van der Waals surface area contributed by atoms with E-state index in [4.69, 9.17) is 4.74 Å². The van der Waals surface area contributed by atoms with Gasteiger partial charge in [-0.25, -0.2) is 8.42 Å². The van der Waals surface area contributed by atoms with Gasteiger partial charge in [0.05, 0.1) is 13.7 Å². The number of nitrogens with zero attached hydrogens (tertiary/aromatic N) is 1. The van der Waals surface area contributed by atoms with Crippen molar-refractivity contribution in [2.75, 3.05) is 19.0 Å². The Balaban J connectivity index is 1.97. The molecule has 0 aliphatic carbocycles. The number of carbonyl (C=O) groups is 1. The fourth-order valence-corrected chi connectivity index (χ4v) is 5.90. The van der Waals surface area contributed by atoms with Gasteiger partial charge in [0.15, 0.2) is 0 Å². The van der Waals surface area contributed by atoms with Crippen molar-refractivity contribution < 1.29 is 17.9 Å². The summed E-state index contributed by atoms with van der Waals surface area (Å²) in [7, 11) is -2.61. The van der Waals surface area contributed by atoms with E-state index in [1.807, 2.05) is 63.2 Å². The molecule has 0 saturated carbocycles. The van der Waals surface area contributed by atoms with Crippen LogP contribution in [0.1, 0.15) is 22.3 Å². The Kier molecular flexibility index (Phi) is 7.94. The summed E-state index contributed by atoms with van der Waals surface area (Å²) in [6.07, 6.45) is 0. The smallest absolute Gasteiger partial charge is 0.247 e. The Hall–Kier alpha value is -2.68. The van der Waals surface area contributed by atoms with E-state index < -0.39 is 15.9 Å². The number of methoxy groups -OCH3 is 1. The van der Waals surface area contributed by atoms with Gasteiger partial charge in [-0.1, -0.05) is 52.3 Å². The highest BCUT2D eigenvalue weighted by Crippen LogP contribution is 2.29. The van der Waals surface area contributed by atoms with Crippen LogP contribution in [0.5, 0.6) is 5.75 Å². The van der Waals surface area contributed by atoms with Gasteiger partial charge in [-0.3, -0.25) is 4.79 Å². The van der Waals surface area contributed by atoms with Crippen LogP contribution in [-0.4, -0.2) is 32.3 Å². The first-order chi connectivity index (χ1) is 15.6. The Labute approximate surface area is 203 Å². The first kappa shape index (κ1) is 25.0. The maximum Gasteiger partial charge on any atom is 0.247 e. The van der Waals surface area contributed by atoms with Crippen molar-refractivity contribution in [2.45, 2.75) is 32.2 Å². The van der Waals surface area contributed by atoms with Crippen molar-refractivity contribution in [1.82, 2.24) is 4.31 Å². The number of hydrogen-bond acceptors (Lipinski definition) is 4.